The zero-order chi connectivity index (χ0) is 20.4. The van der Waals surface area contributed by atoms with Crippen molar-refractivity contribution in [2.45, 2.75) is 6.92 Å². The summed E-state index contributed by atoms with van der Waals surface area (Å²) in [5.74, 6) is -0.510. The molecule has 0 atom stereocenters. The van der Waals surface area contributed by atoms with Crippen LogP contribution >= 0.6 is 15.9 Å². The van der Waals surface area contributed by atoms with E-state index in [-0.39, 0.29) is 11.5 Å². The van der Waals surface area contributed by atoms with E-state index in [9.17, 15) is 14.7 Å². The molecule has 28 heavy (non-hydrogen) atoms. The molecule has 1 aliphatic rings. The third-order valence-corrected chi connectivity index (χ3v) is 4.77. The van der Waals surface area contributed by atoms with Crippen LogP contribution in [0.15, 0.2) is 51.5 Å². The molecule has 1 heterocycles. The number of ether oxygens (including phenoxy) is 2. The van der Waals surface area contributed by atoms with Crippen LogP contribution in [-0.2, 0) is 4.79 Å². The fourth-order valence-electron chi connectivity index (χ4n) is 2.79. The molecule has 1 aliphatic heterocycles. The summed E-state index contributed by atoms with van der Waals surface area (Å²) in [6.45, 7) is 1.73. The van der Waals surface area contributed by atoms with E-state index in [1.54, 1.807) is 26.2 Å². The van der Waals surface area contributed by atoms with E-state index in [2.05, 4.69) is 21.0 Å². The van der Waals surface area contributed by atoms with E-state index in [0.29, 0.717) is 32.9 Å². The van der Waals surface area contributed by atoms with Crippen LogP contribution in [0.25, 0.3) is 6.08 Å². The van der Waals surface area contributed by atoms with Crippen LogP contribution in [-0.4, -0.2) is 31.8 Å². The lowest BCUT2D eigenvalue weighted by Gasteiger charge is -2.13. The van der Waals surface area contributed by atoms with Crippen molar-refractivity contribution >= 4 is 45.3 Å². The van der Waals surface area contributed by atoms with Crippen LogP contribution in [0.1, 0.15) is 22.8 Å². The van der Waals surface area contributed by atoms with E-state index >= 15 is 0 Å². The lowest BCUT2D eigenvalue weighted by molar-refractivity contribution is -0.255. The fourth-order valence-corrected chi connectivity index (χ4v) is 3.41. The van der Waals surface area contributed by atoms with Gasteiger partial charge in [-0.3, -0.25) is 4.79 Å². The molecular weight excluding hydrogens is 428 g/mol. The SMILES string of the molecule is COc1cc(/C=C2/C(=O)N(c3ccc(C(=O)[O-])cc3)N=C2C)cc(Br)c1OC. The first kappa shape index (κ1) is 19.6. The summed E-state index contributed by atoms with van der Waals surface area (Å²) in [7, 11) is 3.08. The monoisotopic (exact) mass is 443 g/mol. The van der Waals surface area contributed by atoms with Crippen molar-refractivity contribution < 1.29 is 24.2 Å². The standard InChI is InChI=1S/C20H17BrN2O5/c1-11-15(8-12-9-16(21)18(28-3)17(10-12)27-2)19(24)23(22-11)14-6-4-13(5-7-14)20(25)26/h4-10H,1-3H3,(H,25,26)/p-1/b15-8+. The minimum atomic E-state index is -1.28. The molecule has 0 aromatic heterocycles. The van der Waals surface area contributed by atoms with Gasteiger partial charge in [-0.25, -0.2) is 0 Å². The Balaban J connectivity index is 1.94. The number of carboxylic acid groups (broad SMARTS) is 1. The number of anilines is 1. The minimum absolute atomic E-state index is 0.0297. The van der Waals surface area contributed by atoms with Gasteiger partial charge in [0.25, 0.3) is 5.91 Å². The topological polar surface area (TPSA) is 91.3 Å². The van der Waals surface area contributed by atoms with E-state index in [1.165, 1.54) is 36.4 Å². The highest BCUT2D eigenvalue weighted by atomic mass is 79.9. The van der Waals surface area contributed by atoms with Gasteiger partial charge in [0, 0.05) is 0 Å². The van der Waals surface area contributed by atoms with E-state index in [4.69, 9.17) is 9.47 Å². The van der Waals surface area contributed by atoms with Crippen LogP contribution in [0.5, 0.6) is 11.5 Å². The lowest BCUT2D eigenvalue weighted by atomic mass is 10.1. The maximum Gasteiger partial charge on any atom is 0.280 e. The molecule has 0 fully saturated rings. The molecule has 0 unspecified atom stereocenters. The van der Waals surface area contributed by atoms with Crippen molar-refractivity contribution in [3.63, 3.8) is 0 Å². The number of amides is 1. The van der Waals surface area contributed by atoms with E-state index in [1.807, 2.05) is 6.07 Å². The summed E-state index contributed by atoms with van der Waals surface area (Å²) >= 11 is 3.43. The first-order valence-electron chi connectivity index (χ1n) is 8.20. The second kappa shape index (κ2) is 7.85. The smallest absolute Gasteiger partial charge is 0.280 e. The average Bonchev–Trinajstić information content (AvgIpc) is 2.95. The Bertz CT molecular complexity index is 1010. The summed E-state index contributed by atoms with van der Waals surface area (Å²) < 4.78 is 11.3. The molecular formula is C20H16BrN2O5-. The van der Waals surface area contributed by atoms with Gasteiger partial charge >= 0.3 is 0 Å². The number of carbonyl (C=O) groups excluding carboxylic acids is 2. The summed E-state index contributed by atoms with van der Waals surface area (Å²) in [6.07, 6.45) is 1.71. The summed E-state index contributed by atoms with van der Waals surface area (Å²) in [5, 5.41) is 16.4. The molecule has 1 amide bonds. The first-order chi connectivity index (χ1) is 13.3. The van der Waals surface area contributed by atoms with Crippen LogP contribution < -0.4 is 19.6 Å². The number of halogens is 1. The molecule has 0 saturated carbocycles. The second-order valence-electron chi connectivity index (χ2n) is 5.93. The number of carbonyl (C=O) groups is 2. The molecule has 0 spiro atoms. The zero-order valence-corrected chi connectivity index (χ0v) is 16.9. The Morgan fingerprint density at radius 3 is 2.43 bits per heavy atom. The highest BCUT2D eigenvalue weighted by molar-refractivity contribution is 9.10. The first-order valence-corrected chi connectivity index (χ1v) is 8.99. The van der Waals surface area contributed by atoms with E-state index < -0.39 is 5.97 Å². The fraction of sp³-hybridized carbons (Fsp3) is 0.150. The second-order valence-corrected chi connectivity index (χ2v) is 6.79. The Morgan fingerprint density at radius 2 is 1.86 bits per heavy atom. The van der Waals surface area contributed by atoms with Crippen molar-refractivity contribution in [1.29, 1.82) is 0 Å². The van der Waals surface area contributed by atoms with Crippen LogP contribution in [0, 0.1) is 0 Å². The van der Waals surface area contributed by atoms with Gasteiger partial charge in [-0.05, 0) is 64.3 Å². The minimum Gasteiger partial charge on any atom is -0.545 e. The molecule has 0 saturated heterocycles. The normalized spacial score (nSPS) is 15.0. The number of hydrazone groups is 1. The molecule has 3 rings (SSSR count). The Kier molecular flexibility index (Phi) is 5.51. The van der Waals surface area contributed by atoms with Crippen molar-refractivity contribution in [2.24, 2.45) is 5.10 Å². The number of hydrogen-bond acceptors (Lipinski definition) is 6. The largest absolute Gasteiger partial charge is 0.545 e. The number of aromatic carboxylic acids is 1. The van der Waals surface area contributed by atoms with Gasteiger partial charge in [-0.2, -0.15) is 10.1 Å². The van der Waals surface area contributed by atoms with Gasteiger partial charge in [0.15, 0.2) is 11.5 Å². The molecule has 8 heteroatoms. The number of nitrogens with zero attached hydrogens (tertiary/aromatic N) is 2. The molecule has 2 aromatic carbocycles. The lowest BCUT2D eigenvalue weighted by Crippen LogP contribution is -2.23. The van der Waals surface area contributed by atoms with Gasteiger partial charge in [-0.15, -0.1) is 0 Å². The number of hydrogen-bond donors (Lipinski definition) is 0. The number of methoxy groups -OCH3 is 2. The van der Waals surface area contributed by atoms with E-state index in [0.717, 1.165) is 5.56 Å². The van der Waals surface area contributed by atoms with Gasteiger partial charge in [0.1, 0.15) is 0 Å². The average molecular weight is 444 g/mol. The highest BCUT2D eigenvalue weighted by Crippen LogP contribution is 2.37. The van der Waals surface area contributed by atoms with Gasteiger partial charge in [-0.1, -0.05) is 12.1 Å². The highest BCUT2D eigenvalue weighted by Gasteiger charge is 2.28. The molecule has 7 nitrogen and oxygen atoms in total. The zero-order valence-electron chi connectivity index (χ0n) is 15.4. The molecule has 0 radical (unpaired) electrons. The molecule has 144 valence electrons. The maximum atomic E-state index is 12.8. The third kappa shape index (κ3) is 3.63. The van der Waals surface area contributed by atoms with Gasteiger partial charge < -0.3 is 19.4 Å². The Hall–Kier alpha value is -3.13. The maximum absolute atomic E-state index is 12.8. The summed E-state index contributed by atoms with van der Waals surface area (Å²) in [5.41, 5.74) is 2.19. The molecule has 0 aliphatic carbocycles. The van der Waals surface area contributed by atoms with Crippen molar-refractivity contribution in [3.8, 4) is 11.5 Å². The van der Waals surface area contributed by atoms with Gasteiger partial charge in [0.05, 0.1) is 41.6 Å². The van der Waals surface area contributed by atoms with Gasteiger partial charge in [0.2, 0.25) is 0 Å². The van der Waals surface area contributed by atoms with Crippen LogP contribution in [0.2, 0.25) is 0 Å². The van der Waals surface area contributed by atoms with Crippen LogP contribution in [0.4, 0.5) is 5.69 Å². The predicted molar refractivity (Wildman–Crippen MR) is 107 cm³/mol. The Morgan fingerprint density at radius 1 is 1.18 bits per heavy atom. The predicted octanol–water partition coefficient (Wildman–Crippen LogP) is 2.64. The third-order valence-electron chi connectivity index (χ3n) is 4.18. The molecule has 0 bridgehead atoms. The molecule has 2 aromatic rings. The number of rotatable bonds is 5. The summed E-state index contributed by atoms with van der Waals surface area (Å²) in [4.78, 5) is 23.7. The molecule has 0 N–H and O–H groups in total. The Labute approximate surface area is 170 Å². The van der Waals surface area contributed by atoms with Crippen molar-refractivity contribution in [3.05, 3.63) is 57.6 Å². The van der Waals surface area contributed by atoms with Crippen molar-refractivity contribution in [2.75, 3.05) is 19.2 Å². The van der Waals surface area contributed by atoms with Crippen LogP contribution in [0.3, 0.4) is 0 Å². The summed E-state index contributed by atoms with van der Waals surface area (Å²) in [6, 6.07) is 9.33. The van der Waals surface area contributed by atoms with Crippen molar-refractivity contribution in [1.82, 2.24) is 0 Å². The quantitative estimate of drug-likeness (QED) is 0.662. The number of carboxylic acids is 1. The number of benzene rings is 2.